The summed E-state index contributed by atoms with van der Waals surface area (Å²) in [6.45, 7) is 2.77. The molecule has 0 aliphatic carbocycles. The molecule has 0 spiro atoms. The summed E-state index contributed by atoms with van der Waals surface area (Å²) in [4.78, 5) is 12.0. The predicted octanol–water partition coefficient (Wildman–Crippen LogP) is 2.41. The van der Waals surface area contributed by atoms with Crippen LogP contribution in [0.2, 0.25) is 0 Å². The Morgan fingerprint density at radius 3 is 2.52 bits per heavy atom. The Morgan fingerprint density at radius 2 is 1.91 bits per heavy atom. The highest BCUT2D eigenvalue weighted by Gasteiger charge is 2.34. The van der Waals surface area contributed by atoms with Crippen LogP contribution in [0.3, 0.4) is 0 Å². The summed E-state index contributed by atoms with van der Waals surface area (Å²) in [7, 11) is 1.88. The zero-order valence-electron chi connectivity index (χ0n) is 13.6. The van der Waals surface area contributed by atoms with Crippen molar-refractivity contribution in [2.75, 3.05) is 33.4 Å². The van der Waals surface area contributed by atoms with Crippen molar-refractivity contribution >= 4 is 18.3 Å². The van der Waals surface area contributed by atoms with Gasteiger partial charge in [-0.2, -0.15) is 0 Å². The largest absolute Gasteiger partial charge is 0.381 e. The van der Waals surface area contributed by atoms with Crippen LogP contribution >= 0.6 is 12.4 Å². The lowest BCUT2D eigenvalue weighted by atomic mass is 9.74. The van der Waals surface area contributed by atoms with Crippen LogP contribution in [0.1, 0.15) is 31.2 Å². The minimum absolute atomic E-state index is 0. The van der Waals surface area contributed by atoms with E-state index in [1.54, 1.807) is 0 Å². The van der Waals surface area contributed by atoms with Crippen LogP contribution in [0.5, 0.6) is 0 Å². The normalized spacial score (nSPS) is 16.4. The number of ether oxygens (including phenoxy) is 1. The molecular weight excluding hydrogens is 319 g/mol. The summed E-state index contributed by atoms with van der Waals surface area (Å²) >= 11 is 0. The van der Waals surface area contributed by atoms with Gasteiger partial charge in [0.15, 0.2) is 0 Å². The molecule has 2 N–H and O–H groups in total. The van der Waals surface area contributed by atoms with Gasteiger partial charge in [0.25, 0.3) is 0 Å². The predicted molar refractivity (Wildman–Crippen MR) is 91.5 cm³/mol. The van der Waals surface area contributed by atoms with Gasteiger partial charge in [-0.15, -0.1) is 12.4 Å². The van der Waals surface area contributed by atoms with E-state index in [0.717, 1.165) is 31.4 Å². The van der Waals surface area contributed by atoms with Gasteiger partial charge in [-0.25, -0.2) is 4.39 Å². The van der Waals surface area contributed by atoms with Crippen molar-refractivity contribution in [2.45, 2.75) is 31.1 Å². The fourth-order valence-electron chi connectivity index (χ4n) is 2.91. The molecule has 1 aromatic carbocycles. The number of hydrogen-bond donors (Lipinski definition) is 2. The Labute approximate surface area is 143 Å². The molecular formula is C17H26ClFN2O2. The molecule has 1 amide bonds. The molecule has 0 atom stereocenters. The molecule has 0 radical (unpaired) electrons. The van der Waals surface area contributed by atoms with Gasteiger partial charge in [0.2, 0.25) is 5.91 Å². The molecule has 1 aromatic rings. The Kier molecular flexibility index (Phi) is 8.52. The number of carbonyl (C=O) groups is 1. The summed E-state index contributed by atoms with van der Waals surface area (Å²) in [5.41, 5.74) is 0.928. The number of nitrogens with one attached hydrogen (secondary N) is 2. The van der Waals surface area contributed by atoms with Crippen LogP contribution in [-0.4, -0.2) is 39.3 Å². The second-order valence-corrected chi connectivity index (χ2v) is 5.88. The van der Waals surface area contributed by atoms with Crippen molar-refractivity contribution in [3.8, 4) is 0 Å². The average Bonchev–Trinajstić information content (AvgIpc) is 2.55. The fraction of sp³-hybridized carbons (Fsp3) is 0.588. The number of carbonyl (C=O) groups excluding carboxylic acids is 1. The standard InChI is InChI=1S/C17H25FN2O2.ClH/c1-19-10-2-3-16(21)20-13-17(8-11-22-12-9-17)14-4-6-15(18)7-5-14;/h4-7,19H,2-3,8-13H2,1H3,(H,20,21);1H. The van der Waals surface area contributed by atoms with E-state index in [0.29, 0.717) is 26.2 Å². The number of rotatable bonds is 7. The van der Waals surface area contributed by atoms with Gasteiger partial charge < -0.3 is 15.4 Å². The van der Waals surface area contributed by atoms with Crippen molar-refractivity contribution in [2.24, 2.45) is 0 Å². The van der Waals surface area contributed by atoms with Crippen molar-refractivity contribution < 1.29 is 13.9 Å². The van der Waals surface area contributed by atoms with Crippen molar-refractivity contribution in [1.82, 2.24) is 10.6 Å². The summed E-state index contributed by atoms with van der Waals surface area (Å²) < 4.78 is 18.6. The van der Waals surface area contributed by atoms with Crippen molar-refractivity contribution in [3.05, 3.63) is 35.6 Å². The van der Waals surface area contributed by atoms with Crippen LogP contribution in [0.4, 0.5) is 4.39 Å². The third-order valence-electron chi connectivity index (χ3n) is 4.36. The van der Waals surface area contributed by atoms with E-state index in [1.165, 1.54) is 12.1 Å². The molecule has 0 saturated carbocycles. The summed E-state index contributed by atoms with van der Waals surface area (Å²) in [5, 5.41) is 6.08. The lowest BCUT2D eigenvalue weighted by Gasteiger charge is -2.38. The Hall–Kier alpha value is -1.17. The lowest BCUT2D eigenvalue weighted by Crippen LogP contribution is -2.44. The third-order valence-corrected chi connectivity index (χ3v) is 4.36. The highest BCUT2D eigenvalue weighted by molar-refractivity contribution is 5.85. The molecule has 0 aromatic heterocycles. The average molecular weight is 345 g/mol. The molecule has 1 heterocycles. The van der Waals surface area contributed by atoms with E-state index < -0.39 is 0 Å². The first-order valence-electron chi connectivity index (χ1n) is 7.91. The van der Waals surface area contributed by atoms with E-state index in [2.05, 4.69) is 10.6 Å². The minimum Gasteiger partial charge on any atom is -0.381 e. The first-order valence-corrected chi connectivity index (χ1v) is 7.91. The van der Waals surface area contributed by atoms with E-state index in [9.17, 15) is 9.18 Å². The van der Waals surface area contributed by atoms with E-state index in [1.807, 2.05) is 19.2 Å². The van der Waals surface area contributed by atoms with Crippen molar-refractivity contribution in [1.29, 1.82) is 0 Å². The molecule has 1 saturated heterocycles. The summed E-state index contributed by atoms with van der Waals surface area (Å²) in [5.74, 6) is -0.162. The summed E-state index contributed by atoms with van der Waals surface area (Å²) in [6.07, 6.45) is 3.04. The van der Waals surface area contributed by atoms with Crippen LogP contribution < -0.4 is 10.6 Å². The van der Waals surface area contributed by atoms with Gasteiger partial charge in [-0.1, -0.05) is 12.1 Å². The molecule has 1 aliphatic rings. The topological polar surface area (TPSA) is 50.4 Å². The number of benzene rings is 1. The number of amides is 1. The SMILES string of the molecule is CNCCCC(=O)NCC1(c2ccc(F)cc2)CCOCC1.Cl. The van der Waals surface area contributed by atoms with Gasteiger partial charge in [0.05, 0.1) is 0 Å². The summed E-state index contributed by atoms with van der Waals surface area (Å²) in [6, 6.07) is 6.63. The first kappa shape index (κ1) is 19.9. The second kappa shape index (κ2) is 9.85. The van der Waals surface area contributed by atoms with E-state index >= 15 is 0 Å². The smallest absolute Gasteiger partial charge is 0.220 e. The molecule has 2 rings (SSSR count). The number of halogens is 2. The van der Waals surface area contributed by atoms with E-state index in [-0.39, 0.29) is 29.5 Å². The minimum atomic E-state index is -0.234. The maximum absolute atomic E-state index is 13.2. The molecule has 0 bridgehead atoms. The maximum atomic E-state index is 13.2. The van der Waals surface area contributed by atoms with Gasteiger partial charge in [0, 0.05) is 31.6 Å². The monoisotopic (exact) mass is 344 g/mol. The quantitative estimate of drug-likeness (QED) is 0.747. The lowest BCUT2D eigenvalue weighted by molar-refractivity contribution is -0.121. The Balaban J connectivity index is 0.00000264. The molecule has 4 nitrogen and oxygen atoms in total. The zero-order chi connectivity index (χ0) is 15.8. The van der Waals surface area contributed by atoms with Crippen LogP contribution in [0, 0.1) is 5.82 Å². The molecule has 1 fully saturated rings. The zero-order valence-corrected chi connectivity index (χ0v) is 14.4. The first-order chi connectivity index (χ1) is 10.7. The highest BCUT2D eigenvalue weighted by atomic mass is 35.5. The molecule has 1 aliphatic heterocycles. The van der Waals surface area contributed by atoms with Gasteiger partial charge >= 0.3 is 0 Å². The van der Waals surface area contributed by atoms with Crippen LogP contribution in [0.25, 0.3) is 0 Å². The van der Waals surface area contributed by atoms with Gasteiger partial charge in [0.1, 0.15) is 5.82 Å². The van der Waals surface area contributed by atoms with Gasteiger partial charge in [-0.05, 0) is 50.6 Å². The molecule has 6 heteroatoms. The van der Waals surface area contributed by atoms with E-state index in [4.69, 9.17) is 4.74 Å². The van der Waals surface area contributed by atoms with Crippen molar-refractivity contribution in [3.63, 3.8) is 0 Å². The van der Waals surface area contributed by atoms with Crippen LogP contribution in [0.15, 0.2) is 24.3 Å². The third kappa shape index (κ3) is 5.75. The maximum Gasteiger partial charge on any atom is 0.220 e. The Morgan fingerprint density at radius 1 is 1.26 bits per heavy atom. The van der Waals surface area contributed by atoms with Gasteiger partial charge in [-0.3, -0.25) is 4.79 Å². The molecule has 0 unspecified atom stereocenters. The second-order valence-electron chi connectivity index (χ2n) is 5.88. The van der Waals surface area contributed by atoms with Crippen LogP contribution in [-0.2, 0) is 14.9 Å². The molecule has 130 valence electrons. The molecule has 23 heavy (non-hydrogen) atoms. The number of hydrogen-bond acceptors (Lipinski definition) is 3. The Bertz CT molecular complexity index is 476. The fourth-order valence-corrected chi connectivity index (χ4v) is 2.91. The highest BCUT2D eigenvalue weighted by Crippen LogP contribution is 2.34.